The predicted octanol–water partition coefficient (Wildman–Crippen LogP) is 1.99. The number of halogens is 1. The molecule has 0 aliphatic carbocycles. The number of carbonyl (C=O) groups is 1. The molecule has 94 valence electrons. The molecular formula is C12H16FNO3. The zero-order valence-corrected chi connectivity index (χ0v) is 9.90. The van der Waals surface area contributed by atoms with Crippen molar-refractivity contribution in [1.82, 2.24) is 0 Å². The lowest BCUT2D eigenvalue weighted by molar-refractivity contribution is 0.0174. The molecule has 1 aromatic carbocycles. The normalized spacial score (nSPS) is 10.6. The van der Waals surface area contributed by atoms with Crippen molar-refractivity contribution in [1.29, 1.82) is 0 Å². The third-order valence-corrected chi connectivity index (χ3v) is 2.02. The summed E-state index contributed by atoms with van der Waals surface area (Å²) < 4.78 is 23.4. The Bertz CT molecular complexity index is 373. The maximum atomic E-state index is 13.3. The molecule has 0 radical (unpaired) electrons. The van der Waals surface area contributed by atoms with Gasteiger partial charge in [0.1, 0.15) is 18.0 Å². The fraction of sp³-hybridized carbons (Fsp3) is 0.417. The Labute approximate surface area is 99.5 Å². The molecule has 0 amide bonds. The average molecular weight is 241 g/mol. The van der Waals surface area contributed by atoms with Crippen LogP contribution >= 0.6 is 0 Å². The molecule has 1 aromatic rings. The van der Waals surface area contributed by atoms with Crippen LogP contribution < -0.4 is 5.73 Å². The third kappa shape index (κ3) is 4.03. The number of carbonyl (C=O) groups excluding carboxylic acids is 1. The van der Waals surface area contributed by atoms with E-state index in [9.17, 15) is 9.18 Å². The summed E-state index contributed by atoms with van der Waals surface area (Å²) in [5, 5.41) is 0. The van der Waals surface area contributed by atoms with Gasteiger partial charge in [0.25, 0.3) is 0 Å². The molecule has 0 unspecified atom stereocenters. The highest BCUT2D eigenvalue weighted by Gasteiger charge is 2.16. The van der Waals surface area contributed by atoms with Crippen LogP contribution in [-0.4, -0.2) is 25.3 Å². The smallest absolute Gasteiger partial charge is 0.343 e. The number of anilines is 1. The Balaban J connectivity index is 2.53. The molecule has 1 rings (SSSR count). The first-order valence-corrected chi connectivity index (χ1v) is 5.35. The van der Waals surface area contributed by atoms with Gasteiger partial charge in [-0.05, 0) is 26.0 Å². The highest BCUT2D eigenvalue weighted by atomic mass is 19.1. The number of ether oxygens (including phenoxy) is 2. The van der Waals surface area contributed by atoms with Crippen LogP contribution in [0.4, 0.5) is 10.1 Å². The lowest BCUT2D eigenvalue weighted by Gasteiger charge is -2.09. The van der Waals surface area contributed by atoms with E-state index in [0.29, 0.717) is 0 Å². The zero-order valence-electron chi connectivity index (χ0n) is 9.90. The van der Waals surface area contributed by atoms with Crippen LogP contribution in [0.5, 0.6) is 0 Å². The van der Waals surface area contributed by atoms with Gasteiger partial charge in [-0.3, -0.25) is 0 Å². The van der Waals surface area contributed by atoms with Gasteiger partial charge in [0.15, 0.2) is 0 Å². The van der Waals surface area contributed by atoms with Crippen molar-refractivity contribution >= 4 is 11.7 Å². The van der Waals surface area contributed by atoms with Crippen molar-refractivity contribution in [3.8, 4) is 0 Å². The Kier molecular flexibility index (Phi) is 4.90. The molecule has 5 heteroatoms. The van der Waals surface area contributed by atoms with E-state index in [4.69, 9.17) is 15.2 Å². The summed E-state index contributed by atoms with van der Waals surface area (Å²) in [6.45, 7) is 4.09. The number of benzene rings is 1. The van der Waals surface area contributed by atoms with Crippen molar-refractivity contribution in [2.24, 2.45) is 0 Å². The van der Waals surface area contributed by atoms with E-state index in [1.54, 1.807) is 0 Å². The highest BCUT2D eigenvalue weighted by Crippen LogP contribution is 2.16. The lowest BCUT2D eigenvalue weighted by atomic mass is 10.2. The fourth-order valence-corrected chi connectivity index (χ4v) is 1.25. The third-order valence-electron chi connectivity index (χ3n) is 2.02. The first kappa shape index (κ1) is 13.4. The number of rotatable bonds is 5. The monoisotopic (exact) mass is 241 g/mol. The molecule has 0 aliphatic rings. The van der Waals surface area contributed by atoms with Crippen LogP contribution in [-0.2, 0) is 9.47 Å². The summed E-state index contributed by atoms with van der Waals surface area (Å²) in [5.74, 6) is -1.45. The number of nitrogens with two attached hydrogens (primary N) is 1. The second kappa shape index (κ2) is 6.20. The van der Waals surface area contributed by atoms with Crippen LogP contribution in [0.15, 0.2) is 18.2 Å². The molecule has 4 nitrogen and oxygen atoms in total. The average Bonchev–Trinajstić information content (AvgIpc) is 2.24. The van der Waals surface area contributed by atoms with E-state index >= 15 is 0 Å². The number of hydrogen-bond donors (Lipinski definition) is 1. The number of nitrogen functional groups attached to an aromatic ring is 1. The van der Waals surface area contributed by atoms with Crippen molar-refractivity contribution in [2.75, 3.05) is 18.9 Å². The minimum Gasteiger partial charge on any atom is -0.460 e. The van der Waals surface area contributed by atoms with Gasteiger partial charge in [-0.25, -0.2) is 9.18 Å². The van der Waals surface area contributed by atoms with Gasteiger partial charge in [-0.15, -0.1) is 0 Å². The zero-order chi connectivity index (χ0) is 12.8. The molecule has 0 aromatic heterocycles. The minimum atomic E-state index is -0.770. The van der Waals surface area contributed by atoms with Crippen molar-refractivity contribution in [3.63, 3.8) is 0 Å². The standard InChI is InChI=1S/C12H16FNO3/c1-8(2)16-6-7-17-12(15)11-9(13)4-3-5-10(11)14/h3-5,8H,6-7,14H2,1-2H3. The summed E-state index contributed by atoms with van der Waals surface area (Å²) in [5.41, 5.74) is 5.35. The molecule has 0 atom stereocenters. The van der Waals surface area contributed by atoms with Gasteiger partial charge in [-0.2, -0.15) is 0 Å². The summed E-state index contributed by atoms with van der Waals surface area (Å²) in [7, 11) is 0. The minimum absolute atomic E-state index is 0.0623. The van der Waals surface area contributed by atoms with Gasteiger partial charge in [0.2, 0.25) is 0 Å². The van der Waals surface area contributed by atoms with Gasteiger partial charge in [0, 0.05) is 5.69 Å². The molecule has 2 N–H and O–H groups in total. The molecule has 0 bridgehead atoms. The SMILES string of the molecule is CC(C)OCCOC(=O)c1c(N)cccc1F. The second-order valence-electron chi connectivity index (χ2n) is 3.76. The Morgan fingerprint density at radius 1 is 1.41 bits per heavy atom. The first-order valence-electron chi connectivity index (χ1n) is 5.35. The van der Waals surface area contributed by atoms with Crippen LogP contribution in [0.25, 0.3) is 0 Å². The van der Waals surface area contributed by atoms with Crippen molar-refractivity contribution in [2.45, 2.75) is 20.0 Å². The van der Waals surface area contributed by atoms with Crippen molar-refractivity contribution < 1.29 is 18.7 Å². The van der Waals surface area contributed by atoms with E-state index in [1.165, 1.54) is 12.1 Å². The summed E-state index contributed by atoms with van der Waals surface area (Å²) >= 11 is 0. The van der Waals surface area contributed by atoms with E-state index in [0.717, 1.165) is 6.07 Å². The van der Waals surface area contributed by atoms with Crippen molar-refractivity contribution in [3.05, 3.63) is 29.6 Å². The van der Waals surface area contributed by atoms with Crippen LogP contribution in [0.3, 0.4) is 0 Å². The first-order chi connectivity index (χ1) is 8.02. The molecule has 0 aliphatic heterocycles. The maximum absolute atomic E-state index is 13.3. The molecule has 0 saturated carbocycles. The van der Waals surface area contributed by atoms with Crippen LogP contribution in [0, 0.1) is 5.82 Å². The molecular weight excluding hydrogens is 225 g/mol. The van der Waals surface area contributed by atoms with Gasteiger partial charge in [0.05, 0.1) is 12.7 Å². The van der Waals surface area contributed by atoms with E-state index < -0.39 is 11.8 Å². The summed E-state index contributed by atoms with van der Waals surface area (Å²) in [6, 6.07) is 4.05. The Hall–Kier alpha value is -1.62. The molecule has 0 fully saturated rings. The summed E-state index contributed by atoms with van der Waals surface area (Å²) in [6.07, 6.45) is 0.0623. The summed E-state index contributed by atoms with van der Waals surface area (Å²) in [4.78, 5) is 11.5. The van der Waals surface area contributed by atoms with Crippen LogP contribution in [0.2, 0.25) is 0 Å². The lowest BCUT2D eigenvalue weighted by Crippen LogP contribution is -2.15. The van der Waals surface area contributed by atoms with Gasteiger partial charge in [-0.1, -0.05) is 6.07 Å². The second-order valence-corrected chi connectivity index (χ2v) is 3.76. The van der Waals surface area contributed by atoms with Crippen LogP contribution in [0.1, 0.15) is 24.2 Å². The number of hydrogen-bond acceptors (Lipinski definition) is 4. The predicted molar refractivity (Wildman–Crippen MR) is 62.2 cm³/mol. The number of esters is 1. The van der Waals surface area contributed by atoms with E-state index in [1.807, 2.05) is 13.8 Å². The molecule has 0 saturated heterocycles. The van der Waals surface area contributed by atoms with Gasteiger partial charge >= 0.3 is 5.97 Å². The quantitative estimate of drug-likeness (QED) is 0.486. The fourth-order valence-electron chi connectivity index (χ4n) is 1.25. The Morgan fingerprint density at radius 2 is 2.12 bits per heavy atom. The van der Waals surface area contributed by atoms with E-state index in [-0.39, 0.29) is 30.6 Å². The largest absolute Gasteiger partial charge is 0.460 e. The Morgan fingerprint density at radius 3 is 2.71 bits per heavy atom. The molecule has 0 heterocycles. The topological polar surface area (TPSA) is 61.5 Å². The van der Waals surface area contributed by atoms with Gasteiger partial charge < -0.3 is 15.2 Å². The molecule has 0 spiro atoms. The molecule has 17 heavy (non-hydrogen) atoms. The highest BCUT2D eigenvalue weighted by molar-refractivity contribution is 5.95. The van der Waals surface area contributed by atoms with E-state index in [2.05, 4.69) is 0 Å². The maximum Gasteiger partial charge on any atom is 0.343 e.